The van der Waals surface area contributed by atoms with E-state index in [9.17, 15) is 9.59 Å². The van der Waals surface area contributed by atoms with Crippen LogP contribution in [0.4, 0.5) is 0 Å². The molecule has 7 heteroatoms. The van der Waals surface area contributed by atoms with Crippen LogP contribution in [0.3, 0.4) is 0 Å². The molecule has 0 saturated heterocycles. The summed E-state index contributed by atoms with van der Waals surface area (Å²) in [5.41, 5.74) is 3.36. The van der Waals surface area contributed by atoms with E-state index < -0.39 is 17.9 Å². The van der Waals surface area contributed by atoms with Crippen molar-refractivity contribution in [1.82, 2.24) is 10.3 Å². The van der Waals surface area contributed by atoms with Gasteiger partial charge < -0.3 is 15.0 Å². The van der Waals surface area contributed by atoms with Crippen LogP contribution in [-0.4, -0.2) is 22.9 Å². The summed E-state index contributed by atoms with van der Waals surface area (Å²) in [6.07, 6.45) is 2.07. The third-order valence-electron chi connectivity index (χ3n) is 5.27. The molecule has 0 aliphatic rings. The zero-order chi connectivity index (χ0) is 23.2. The monoisotopic (exact) mass is 457 g/mol. The van der Waals surface area contributed by atoms with E-state index in [-0.39, 0.29) is 18.6 Å². The Morgan fingerprint density at radius 3 is 2.52 bits per heavy atom. The standard InChI is InChI=1S/C26H20ClN3O3/c27-22-7-3-1-6-21(22)25(31)30-24(13-19-15-29-23-8-4-2-5-20(19)23)26(32)33-16-18-11-9-17(14-28)10-12-18/h1-12,15,24,29H,13,16H2,(H,30,31)/t24-/m0/s1. The molecule has 0 radical (unpaired) electrons. The first-order valence-electron chi connectivity index (χ1n) is 10.3. The highest BCUT2D eigenvalue weighted by Gasteiger charge is 2.25. The summed E-state index contributed by atoms with van der Waals surface area (Å²) >= 11 is 6.16. The van der Waals surface area contributed by atoms with E-state index in [2.05, 4.69) is 10.3 Å². The number of halogens is 1. The molecule has 4 rings (SSSR count). The highest BCUT2D eigenvalue weighted by molar-refractivity contribution is 6.33. The minimum Gasteiger partial charge on any atom is -0.459 e. The molecule has 6 nitrogen and oxygen atoms in total. The van der Waals surface area contributed by atoms with Crippen molar-refractivity contribution in [1.29, 1.82) is 5.26 Å². The number of H-pyrrole nitrogens is 1. The highest BCUT2D eigenvalue weighted by atomic mass is 35.5. The first-order valence-corrected chi connectivity index (χ1v) is 10.7. The molecule has 1 amide bonds. The number of rotatable bonds is 7. The van der Waals surface area contributed by atoms with Crippen molar-refractivity contribution in [3.63, 3.8) is 0 Å². The van der Waals surface area contributed by atoms with Crippen molar-refractivity contribution in [2.75, 3.05) is 0 Å². The van der Waals surface area contributed by atoms with Gasteiger partial charge in [-0.15, -0.1) is 0 Å². The van der Waals surface area contributed by atoms with Gasteiger partial charge in [0.15, 0.2) is 0 Å². The number of para-hydroxylation sites is 1. The molecule has 3 aromatic carbocycles. The topological polar surface area (TPSA) is 95.0 Å². The Hall–Kier alpha value is -4.08. The third-order valence-corrected chi connectivity index (χ3v) is 5.60. The van der Waals surface area contributed by atoms with Gasteiger partial charge in [-0.25, -0.2) is 4.79 Å². The van der Waals surface area contributed by atoms with E-state index >= 15 is 0 Å². The Morgan fingerprint density at radius 1 is 1.03 bits per heavy atom. The predicted octanol–water partition coefficient (Wildman–Crippen LogP) is 4.78. The smallest absolute Gasteiger partial charge is 0.329 e. The molecule has 1 heterocycles. The van der Waals surface area contributed by atoms with Gasteiger partial charge in [0, 0.05) is 23.5 Å². The van der Waals surface area contributed by atoms with E-state index in [0.717, 1.165) is 22.0 Å². The quantitative estimate of drug-likeness (QED) is 0.390. The lowest BCUT2D eigenvalue weighted by molar-refractivity contribution is -0.147. The van der Waals surface area contributed by atoms with E-state index in [4.69, 9.17) is 21.6 Å². The molecule has 2 N–H and O–H groups in total. The lowest BCUT2D eigenvalue weighted by Gasteiger charge is -2.18. The molecule has 0 aliphatic heterocycles. The Balaban J connectivity index is 1.54. The number of hydrogen-bond acceptors (Lipinski definition) is 4. The molecule has 1 atom stereocenters. The molecular formula is C26H20ClN3O3. The summed E-state index contributed by atoms with van der Waals surface area (Å²) in [5, 5.41) is 13.0. The number of benzene rings is 3. The first-order chi connectivity index (χ1) is 16.0. The SMILES string of the molecule is N#Cc1ccc(COC(=O)[C@H](Cc2c[nH]c3ccccc23)NC(=O)c2ccccc2Cl)cc1. The van der Waals surface area contributed by atoms with Crippen molar-refractivity contribution in [3.8, 4) is 6.07 Å². The van der Waals surface area contributed by atoms with E-state index in [1.54, 1.807) is 48.5 Å². The first kappa shape index (κ1) is 22.1. The summed E-state index contributed by atoms with van der Waals surface area (Å²) in [4.78, 5) is 29.1. The molecule has 0 saturated carbocycles. The van der Waals surface area contributed by atoms with Crippen molar-refractivity contribution in [2.24, 2.45) is 0 Å². The second-order valence-electron chi connectivity index (χ2n) is 7.49. The molecule has 164 valence electrons. The number of fused-ring (bicyclic) bond motifs is 1. The van der Waals surface area contributed by atoms with Gasteiger partial charge in [0.25, 0.3) is 5.91 Å². The molecule has 1 aromatic heterocycles. The number of carbonyl (C=O) groups excluding carboxylic acids is 2. The molecule has 0 fully saturated rings. The van der Waals surface area contributed by atoms with Crippen molar-refractivity contribution in [3.05, 3.63) is 106 Å². The fourth-order valence-electron chi connectivity index (χ4n) is 3.53. The fraction of sp³-hybridized carbons (Fsp3) is 0.115. The molecule has 0 bridgehead atoms. The zero-order valence-corrected chi connectivity index (χ0v) is 18.3. The van der Waals surface area contributed by atoms with Gasteiger partial charge >= 0.3 is 5.97 Å². The average molecular weight is 458 g/mol. The van der Waals surface area contributed by atoms with Crippen LogP contribution < -0.4 is 5.32 Å². The normalized spacial score (nSPS) is 11.5. The maximum atomic E-state index is 13.0. The van der Waals surface area contributed by atoms with E-state index in [1.807, 2.05) is 36.5 Å². The minimum atomic E-state index is -0.925. The molecule has 4 aromatic rings. The van der Waals surface area contributed by atoms with Crippen LogP contribution in [0.25, 0.3) is 10.9 Å². The van der Waals surface area contributed by atoms with Crippen LogP contribution in [-0.2, 0) is 22.6 Å². The largest absolute Gasteiger partial charge is 0.459 e. The number of nitrogens with one attached hydrogen (secondary N) is 2. The molecule has 0 unspecified atom stereocenters. The number of carbonyl (C=O) groups is 2. The van der Waals surface area contributed by atoms with Crippen LogP contribution in [0.2, 0.25) is 5.02 Å². The third kappa shape index (κ3) is 5.22. The van der Waals surface area contributed by atoms with Crippen LogP contribution >= 0.6 is 11.6 Å². The van der Waals surface area contributed by atoms with Crippen molar-refractivity contribution in [2.45, 2.75) is 19.1 Å². The Labute approximate surface area is 195 Å². The molecular weight excluding hydrogens is 438 g/mol. The van der Waals surface area contributed by atoms with Gasteiger partial charge in [0.05, 0.1) is 22.2 Å². The van der Waals surface area contributed by atoms with Crippen molar-refractivity contribution >= 4 is 34.4 Å². The number of esters is 1. The summed E-state index contributed by atoms with van der Waals surface area (Å²) in [6, 6.07) is 22.3. The Morgan fingerprint density at radius 2 is 1.76 bits per heavy atom. The average Bonchev–Trinajstić information content (AvgIpc) is 3.25. The fourth-order valence-corrected chi connectivity index (χ4v) is 3.75. The van der Waals surface area contributed by atoms with Gasteiger partial charge in [0.1, 0.15) is 12.6 Å². The summed E-state index contributed by atoms with van der Waals surface area (Å²) in [5.74, 6) is -1.02. The summed E-state index contributed by atoms with van der Waals surface area (Å²) in [6.45, 7) is 0.0247. The zero-order valence-electron chi connectivity index (χ0n) is 17.5. The van der Waals surface area contributed by atoms with Crippen LogP contribution in [0.1, 0.15) is 27.0 Å². The molecule has 0 spiro atoms. The molecule has 0 aliphatic carbocycles. The van der Waals surface area contributed by atoms with E-state index in [1.165, 1.54) is 0 Å². The maximum absolute atomic E-state index is 13.0. The van der Waals surface area contributed by atoms with Gasteiger partial charge in [-0.1, -0.05) is 54.1 Å². The summed E-state index contributed by atoms with van der Waals surface area (Å²) in [7, 11) is 0. The number of hydrogen-bond donors (Lipinski definition) is 2. The van der Waals surface area contributed by atoms with Gasteiger partial charge in [-0.3, -0.25) is 4.79 Å². The van der Waals surface area contributed by atoms with Crippen LogP contribution in [0.5, 0.6) is 0 Å². The van der Waals surface area contributed by atoms with Gasteiger partial charge in [0.2, 0.25) is 0 Å². The Kier molecular flexibility index (Phi) is 6.72. The highest BCUT2D eigenvalue weighted by Crippen LogP contribution is 2.21. The lowest BCUT2D eigenvalue weighted by atomic mass is 10.0. The lowest BCUT2D eigenvalue weighted by Crippen LogP contribution is -2.43. The molecule has 33 heavy (non-hydrogen) atoms. The van der Waals surface area contributed by atoms with E-state index in [0.29, 0.717) is 10.6 Å². The number of ether oxygens (including phenoxy) is 1. The van der Waals surface area contributed by atoms with Gasteiger partial charge in [-0.2, -0.15) is 5.26 Å². The number of nitrogens with zero attached hydrogens (tertiary/aromatic N) is 1. The predicted molar refractivity (Wildman–Crippen MR) is 126 cm³/mol. The Bertz CT molecular complexity index is 1340. The second-order valence-corrected chi connectivity index (χ2v) is 7.89. The van der Waals surface area contributed by atoms with Crippen molar-refractivity contribution < 1.29 is 14.3 Å². The van der Waals surface area contributed by atoms with Crippen LogP contribution in [0.15, 0.2) is 79.0 Å². The van der Waals surface area contributed by atoms with Crippen LogP contribution in [0, 0.1) is 11.3 Å². The number of amides is 1. The maximum Gasteiger partial charge on any atom is 0.329 e. The number of nitriles is 1. The summed E-state index contributed by atoms with van der Waals surface area (Å²) < 4.78 is 5.51. The number of aromatic nitrogens is 1. The minimum absolute atomic E-state index is 0.0247. The van der Waals surface area contributed by atoms with Gasteiger partial charge in [-0.05, 0) is 41.5 Å². The number of aromatic amines is 1. The second kappa shape index (κ2) is 10.0.